The number of hydrogen-bond acceptors (Lipinski definition) is 5. The molecule has 1 aromatic heterocycles. The summed E-state index contributed by atoms with van der Waals surface area (Å²) in [5, 5.41) is 7.33. The van der Waals surface area contributed by atoms with E-state index < -0.39 is 0 Å². The fourth-order valence-electron chi connectivity index (χ4n) is 1.41. The molecule has 13 heavy (non-hydrogen) atoms. The third kappa shape index (κ3) is 1.88. The zero-order chi connectivity index (χ0) is 9.26. The smallest absolute Gasteiger partial charge is 0.246 e. The molecule has 1 unspecified atom stereocenters. The first-order valence-electron chi connectivity index (χ1n) is 4.30. The summed E-state index contributed by atoms with van der Waals surface area (Å²) in [5.41, 5.74) is 5.46. The molecule has 1 aliphatic heterocycles. The maximum atomic E-state index is 5.46. The maximum Gasteiger partial charge on any atom is 0.246 e. The molecular weight excluding hydrogens is 186 g/mol. The molecule has 1 atom stereocenters. The number of nitrogen functional groups attached to an aromatic ring is 1. The van der Waals surface area contributed by atoms with Gasteiger partial charge in [-0.25, -0.2) is 5.10 Å². The van der Waals surface area contributed by atoms with Crippen LogP contribution in [0.25, 0.3) is 0 Å². The fourth-order valence-corrected chi connectivity index (χ4v) is 2.42. The van der Waals surface area contributed by atoms with E-state index in [1.807, 2.05) is 11.8 Å². The lowest BCUT2D eigenvalue weighted by Gasteiger charge is -2.29. The molecule has 0 aromatic carbocycles. The summed E-state index contributed by atoms with van der Waals surface area (Å²) in [4.78, 5) is 6.26. The first-order chi connectivity index (χ1) is 6.25. The summed E-state index contributed by atoms with van der Waals surface area (Å²) in [6.45, 7) is 4.22. The van der Waals surface area contributed by atoms with E-state index >= 15 is 0 Å². The first kappa shape index (κ1) is 8.68. The van der Waals surface area contributed by atoms with Crippen LogP contribution in [0.15, 0.2) is 0 Å². The first-order valence-corrected chi connectivity index (χ1v) is 5.35. The molecule has 2 heterocycles. The zero-order valence-electron chi connectivity index (χ0n) is 7.53. The van der Waals surface area contributed by atoms with Gasteiger partial charge in [0.25, 0.3) is 0 Å². The molecule has 0 saturated carbocycles. The molecule has 0 bridgehead atoms. The molecule has 72 valence electrons. The van der Waals surface area contributed by atoms with E-state index in [9.17, 15) is 0 Å². The highest BCUT2D eigenvalue weighted by Crippen LogP contribution is 2.20. The van der Waals surface area contributed by atoms with E-state index in [0.29, 0.717) is 11.2 Å². The van der Waals surface area contributed by atoms with Crippen LogP contribution in [0, 0.1) is 0 Å². The summed E-state index contributed by atoms with van der Waals surface area (Å²) in [5.74, 6) is 2.25. The van der Waals surface area contributed by atoms with Crippen molar-refractivity contribution in [3.05, 3.63) is 0 Å². The van der Waals surface area contributed by atoms with Crippen LogP contribution in [0.2, 0.25) is 0 Å². The van der Waals surface area contributed by atoms with Crippen molar-refractivity contribution in [3.8, 4) is 0 Å². The van der Waals surface area contributed by atoms with Crippen molar-refractivity contribution in [2.45, 2.75) is 12.2 Å². The number of nitrogens with one attached hydrogen (secondary N) is 1. The monoisotopic (exact) mass is 199 g/mol. The molecule has 0 radical (unpaired) electrons. The van der Waals surface area contributed by atoms with Crippen LogP contribution < -0.4 is 10.6 Å². The summed E-state index contributed by atoms with van der Waals surface area (Å²) in [7, 11) is 0. The molecule has 3 N–H and O–H groups in total. The van der Waals surface area contributed by atoms with Crippen LogP contribution in [0.5, 0.6) is 0 Å². The van der Waals surface area contributed by atoms with Gasteiger partial charge in [-0.15, -0.1) is 5.10 Å². The van der Waals surface area contributed by atoms with E-state index in [4.69, 9.17) is 5.73 Å². The topological polar surface area (TPSA) is 70.8 Å². The largest absolute Gasteiger partial charge is 0.368 e. The normalized spacial score (nSPS) is 23.5. The Morgan fingerprint density at radius 3 is 3.15 bits per heavy atom. The number of aromatic nitrogens is 3. The lowest BCUT2D eigenvalue weighted by atomic mass is 10.4. The van der Waals surface area contributed by atoms with Gasteiger partial charge in [0.15, 0.2) is 0 Å². The average molecular weight is 199 g/mol. The number of aromatic amines is 1. The van der Waals surface area contributed by atoms with Crippen LogP contribution in [-0.4, -0.2) is 39.3 Å². The molecule has 1 aliphatic rings. The summed E-state index contributed by atoms with van der Waals surface area (Å²) >= 11 is 1.98. The fraction of sp³-hybridized carbons (Fsp3) is 0.714. The number of H-pyrrole nitrogens is 1. The Morgan fingerprint density at radius 2 is 2.54 bits per heavy atom. The molecule has 1 fully saturated rings. The summed E-state index contributed by atoms with van der Waals surface area (Å²) < 4.78 is 0. The summed E-state index contributed by atoms with van der Waals surface area (Å²) in [6, 6.07) is 0. The van der Waals surface area contributed by atoms with Gasteiger partial charge in [-0.2, -0.15) is 16.7 Å². The van der Waals surface area contributed by atoms with Gasteiger partial charge in [0, 0.05) is 24.1 Å². The second-order valence-corrected chi connectivity index (χ2v) is 4.69. The molecule has 0 aliphatic carbocycles. The Morgan fingerprint density at radius 1 is 1.69 bits per heavy atom. The molecule has 6 heteroatoms. The third-order valence-electron chi connectivity index (χ3n) is 2.01. The van der Waals surface area contributed by atoms with Crippen molar-refractivity contribution in [2.24, 2.45) is 0 Å². The van der Waals surface area contributed by atoms with Crippen molar-refractivity contribution in [2.75, 3.05) is 29.5 Å². The van der Waals surface area contributed by atoms with Gasteiger partial charge >= 0.3 is 0 Å². The van der Waals surface area contributed by atoms with E-state index in [1.165, 1.54) is 0 Å². The van der Waals surface area contributed by atoms with Gasteiger partial charge in [0.2, 0.25) is 11.9 Å². The Bertz CT molecular complexity index is 286. The number of nitrogens with zero attached hydrogens (tertiary/aromatic N) is 3. The number of thioether (sulfide) groups is 1. The van der Waals surface area contributed by atoms with Crippen molar-refractivity contribution in [1.29, 1.82) is 0 Å². The second kappa shape index (κ2) is 3.45. The predicted molar refractivity (Wildman–Crippen MR) is 54.9 cm³/mol. The minimum atomic E-state index is 0.390. The SMILES string of the molecule is CC1CN(c2n[nH]c(N)n2)CCS1. The van der Waals surface area contributed by atoms with Crippen LogP contribution in [-0.2, 0) is 0 Å². The Hall–Kier alpha value is -0.910. The maximum absolute atomic E-state index is 5.46. The zero-order valence-corrected chi connectivity index (χ0v) is 8.34. The number of hydrogen-bond donors (Lipinski definition) is 2. The van der Waals surface area contributed by atoms with Crippen LogP contribution in [0.1, 0.15) is 6.92 Å². The van der Waals surface area contributed by atoms with Crippen molar-refractivity contribution >= 4 is 23.7 Å². The van der Waals surface area contributed by atoms with Crippen molar-refractivity contribution in [1.82, 2.24) is 15.2 Å². The van der Waals surface area contributed by atoms with Gasteiger partial charge in [-0.3, -0.25) is 0 Å². The Kier molecular flexibility index (Phi) is 2.30. The third-order valence-corrected chi connectivity index (χ3v) is 3.15. The molecule has 2 rings (SSSR count). The van der Waals surface area contributed by atoms with Gasteiger partial charge in [0.1, 0.15) is 0 Å². The van der Waals surface area contributed by atoms with Gasteiger partial charge in [0.05, 0.1) is 0 Å². The lowest BCUT2D eigenvalue weighted by molar-refractivity contribution is 0.757. The minimum absolute atomic E-state index is 0.390. The van der Waals surface area contributed by atoms with Crippen LogP contribution in [0.4, 0.5) is 11.9 Å². The van der Waals surface area contributed by atoms with E-state index in [-0.39, 0.29) is 0 Å². The number of anilines is 2. The average Bonchev–Trinajstić information content (AvgIpc) is 2.52. The second-order valence-electron chi connectivity index (χ2n) is 3.15. The van der Waals surface area contributed by atoms with Crippen molar-refractivity contribution in [3.63, 3.8) is 0 Å². The Balaban J connectivity index is 2.08. The molecule has 5 nitrogen and oxygen atoms in total. The highest BCUT2D eigenvalue weighted by molar-refractivity contribution is 8.00. The highest BCUT2D eigenvalue weighted by Gasteiger charge is 2.19. The van der Waals surface area contributed by atoms with Crippen molar-refractivity contribution < 1.29 is 0 Å². The molecule has 0 spiro atoms. The van der Waals surface area contributed by atoms with Gasteiger partial charge in [-0.05, 0) is 0 Å². The number of rotatable bonds is 1. The van der Waals surface area contributed by atoms with Gasteiger partial charge in [-0.1, -0.05) is 6.92 Å². The highest BCUT2D eigenvalue weighted by atomic mass is 32.2. The van der Waals surface area contributed by atoms with E-state index in [1.54, 1.807) is 0 Å². The Labute approximate surface area is 81.1 Å². The molecular formula is C7H13N5S. The summed E-state index contributed by atoms with van der Waals surface area (Å²) in [6.07, 6.45) is 0. The minimum Gasteiger partial charge on any atom is -0.368 e. The van der Waals surface area contributed by atoms with Gasteiger partial charge < -0.3 is 10.6 Å². The molecule has 1 saturated heterocycles. The van der Waals surface area contributed by atoms with Crippen LogP contribution >= 0.6 is 11.8 Å². The van der Waals surface area contributed by atoms with E-state index in [2.05, 4.69) is 27.0 Å². The number of nitrogens with two attached hydrogens (primary N) is 1. The molecule has 0 amide bonds. The van der Waals surface area contributed by atoms with Crippen LogP contribution in [0.3, 0.4) is 0 Å². The quantitative estimate of drug-likeness (QED) is 0.682. The van der Waals surface area contributed by atoms with E-state index in [0.717, 1.165) is 24.8 Å². The molecule has 1 aromatic rings. The lowest BCUT2D eigenvalue weighted by Crippen LogP contribution is -2.37. The predicted octanol–water partition coefficient (Wildman–Crippen LogP) is 0.329. The standard InChI is InChI=1S/C7H13N5S/c1-5-4-12(2-3-13-5)7-9-6(8)10-11-7/h5H,2-4H2,1H3,(H3,8,9,10,11).